The lowest BCUT2D eigenvalue weighted by Gasteiger charge is -2.30. The number of hydrogen-bond acceptors (Lipinski definition) is 2. The minimum absolute atomic E-state index is 0.0599. The topological polar surface area (TPSA) is 49.3 Å². The van der Waals surface area contributed by atoms with Crippen LogP contribution in [0.15, 0.2) is 0 Å². The Balaban J connectivity index is 1.86. The van der Waals surface area contributed by atoms with Crippen LogP contribution in [0.3, 0.4) is 0 Å². The number of halogens is 2. The van der Waals surface area contributed by atoms with E-state index in [2.05, 4.69) is 5.32 Å². The zero-order valence-electron chi connectivity index (χ0n) is 9.09. The van der Waals surface area contributed by atoms with Crippen molar-refractivity contribution in [3.63, 3.8) is 0 Å². The number of aliphatic hydroxyl groups is 1. The fourth-order valence-corrected chi connectivity index (χ4v) is 2.90. The smallest absolute Gasteiger partial charge is 0.226 e. The summed E-state index contributed by atoms with van der Waals surface area (Å²) >= 11 is 11.7. The monoisotopic (exact) mass is 265 g/mol. The third kappa shape index (κ3) is 2.63. The van der Waals surface area contributed by atoms with Gasteiger partial charge in [0, 0.05) is 18.6 Å². The van der Waals surface area contributed by atoms with Gasteiger partial charge in [0.1, 0.15) is 4.33 Å². The first-order valence-corrected chi connectivity index (χ1v) is 6.59. The zero-order chi connectivity index (χ0) is 11.8. The average molecular weight is 266 g/mol. The van der Waals surface area contributed by atoms with Crippen molar-refractivity contribution in [2.75, 3.05) is 6.61 Å². The van der Waals surface area contributed by atoms with Crippen LogP contribution < -0.4 is 5.32 Å². The van der Waals surface area contributed by atoms with E-state index in [9.17, 15) is 9.90 Å². The second-order valence-electron chi connectivity index (χ2n) is 4.86. The third-order valence-corrected chi connectivity index (χ3v) is 4.45. The maximum Gasteiger partial charge on any atom is 0.226 e. The van der Waals surface area contributed by atoms with E-state index in [1.807, 2.05) is 0 Å². The Labute approximate surface area is 105 Å². The standard InChI is InChI=1S/C11H17Cl2NO2/c12-11(13)5-8(11)10(16)14-9-4-2-1-3-7(9)6-15/h7-9,15H,1-6H2,(H,14,16). The maximum absolute atomic E-state index is 11.8. The molecule has 92 valence electrons. The van der Waals surface area contributed by atoms with Gasteiger partial charge in [-0.15, -0.1) is 23.2 Å². The lowest BCUT2D eigenvalue weighted by molar-refractivity contribution is -0.123. The summed E-state index contributed by atoms with van der Waals surface area (Å²) in [5.74, 6) is -0.135. The molecule has 0 aromatic carbocycles. The van der Waals surface area contributed by atoms with E-state index < -0.39 is 4.33 Å². The normalized spacial score (nSPS) is 36.8. The number of amides is 1. The summed E-state index contributed by atoms with van der Waals surface area (Å²) in [6.45, 7) is 0.141. The van der Waals surface area contributed by atoms with Crippen LogP contribution in [-0.4, -0.2) is 28.0 Å². The number of aliphatic hydroxyl groups excluding tert-OH is 1. The predicted octanol–water partition coefficient (Wildman–Crippen LogP) is 1.85. The number of carbonyl (C=O) groups excluding carboxylic acids is 1. The molecule has 0 saturated heterocycles. The molecule has 2 saturated carbocycles. The van der Waals surface area contributed by atoms with Gasteiger partial charge in [-0.05, 0) is 19.3 Å². The van der Waals surface area contributed by atoms with Gasteiger partial charge in [-0.3, -0.25) is 4.79 Å². The van der Waals surface area contributed by atoms with Crippen molar-refractivity contribution in [3.8, 4) is 0 Å². The highest BCUT2D eigenvalue weighted by Crippen LogP contribution is 2.53. The van der Waals surface area contributed by atoms with Gasteiger partial charge in [-0.2, -0.15) is 0 Å². The van der Waals surface area contributed by atoms with Gasteiger partial charge < -0.3 is 10.4 Å². The molecule has 2 fully saturated rings. The van der Waals surface area contributed by atoms with Gasteiger partial charge in [0.05, 0.1) is 5.92 Å². The molecule has 2 N–H and O–H groups in total. The third-order valence-electron chi connectivity index (χ3n) is 3.61. The largest absolute Gasteiger partial charge is 0.396 e. The van der Waals surface area contributed by atoms with Crippen LogP contribution in [0.1, 0.15) is 32.1 Å². The first-order valence-electron chi connectivity index (χ1n) is 5.83. The van der Waals surface area contributed by atoms with E-state index in [1.54, 1.807) is 0 Å². The summed E-state index contributed by atoms with van der Waals surface area (Å²) in [5.41, 5.74) is 0. The fraction of sp³-hybridized carbons (Fsp3) is 0.909. The summed E-state index contributed by atoms with van der Waals surface area (Å²) in [6.07, 6.45) is 4.72. The molecule has 1 amide bonds. The molecule has 0 aromatic rings. The Morgan fingerprint density at radius 2 is 2.00 bits per heavy atom. The molecule has 3 unspecified atom stereocenters. The van der Waals surface area contributed by atoms with E-state index in [1.165, 1.54) is 0 Å². The van der Waals surface area contributed by atoms with E-state index >= 15 is 0 Å². The van der Waals surface area contributed by atoms with Gasteiger partial charge in [0.25, 0.3) is 0 Å². The highest BCUT2D eigenvalue weighted by Gasteiger charge is 2.56. The molecule has 0 aliphatic heterocycles. The van der Waals surface area contributed by atoms with Crippen molar-refractivity contribution in [3.05, 3.63) is 0 Å². The minimum Gasteiger partial charge on any atom is -0.396 e. The zero-order valence-corrected chi connectivity index (χ0v) is 10.6. The van der Waals surface area contributed by atoms with Gasteiger partial charge in [-0.1, -0.05) is 12.8 Å². The molecule has 3 nitrogen and oxygen atoms in total. The van der Waals surface area contributed by atoms with Crippen LogP contribution in [0.25, 0.3) is 0 Å². The Kier molecular flexibility index (Phi) is 3.67. The van der Waals surface area contributed by atoms with Crippen LogP contribution in [0.5, 0.6) is 0 Å². The molecule has 2 aliphatic rings. The van der Waals surface area contributed by atoms with Crippen molar-refractivity contribution >= 4 is 29.1 Å². The van der Waals surface area contributed by atoms with Crippen molar-refractivity contribution in [1.82, 2.24) is 5.32 Å². The second-order valence-corrected chi connectivity index (χ2v) is 6.40. The minimum atomic E-state index is -0.854. The van der Waals surface area contributed by atoms with Crippen molar-refractivity contribution in [2.45, 2.75) is 42.5 Å². The van der Waals surface area contributed by atoms with E-state index in [4.69, 9.17) is 23.2 Å². The van der Waals surface area contributed by atoms with Crippen molar-refractivity contribution < 1.29 is 9.90 Å². The molecule has 2 rings (SSSR count). The van der Waals surface area contributed by atoms with Crippen molar-refractivity contribution in [2.24, 2.45) is 11.8 Å². The summed E-state index contributed by atoms with van der Waals surface area (Å²) in [5, 5.41) is 12.2. The number of nitrogens with one attached hydrogen (secondary N) is 1. The summed E-state index contributed by atoms with van der Waals surface area (Å²) in [7, 11) is 0. The fourth-order valence-electron chi connectivity index (χ4n) is 2.40. The van der Waals surface area contributed by atoms with Crippen LogP contribution in [0.4, 0.5) is 0 Å². The predicted molar refractivity (Wildman–Crippen MR) is 63.5 cm³/mol. The van der Waals surface area contributed by atoms with E-state index in [0.717, 1.165) is 25.7 Å². The van der Waals surface area contributed by atoms with Gasteiger partial charge in [0.2, 0.25) is 5.91 Å². The Bertz CT molecular complexity index is 283. The first-order chi connectivity index (χ1) is 7.54. The molecule has 3 atom stereocenters. The average Bonchev–Trinajstić information content (AvgIpc) is 2.89. The molecule has 0 spiro atoms. The summed E-state index contributed by atoms with van der Waals surface area (Å²) in [6, 6.07) is 0.0935. The number of rotatable bonds is 3. The molecule has 0 bridgehead atoms. The summed E-state index contributed by atoms with van der Waals surface area (Å²) < 4.78 is -0.854. The van der Waals surface area contributed by atoms with Crippen LogP contribution in [0.2, 0.25) is 0 Å². The molecule has 16 heavy (non-hydrogen) atoms. The number of hydrogen-bond donors (Lipinski definition) is 2. The SMILES string of the molecule is O=C(NC1CCCCC1CO)C1CC1(Cl)Cl. The first kappa shape index (κ1) is 12.5. The van der Waals surface area contributed by atoms with Crippen molar-refractivity contribution in [1.29, 1.82) is 0 Å². The molecular weight excluding hydrogens is 249 g/mol. The molecule has 0 radical (unpaired) electrons. The van der Waals surface area contributed by atoms with Gasteiger partial charge in [0.15, 0.2) is 0 Å². The quantitative estimate of drug-likeness (QED) is 0.766. The number of carbonyl (C=O) groups is 1. The molecule has 0 aromatic heterocycles. The maximum atomic E-state index is 11.8. The van der Waals surface area contributed by atoms with Gasteiger partial charge in [-0.25, -0.2) is 0 Å². The Morgan fingerprint density at radius 3 is 2.56 bits per heavy atom. The Morgan fingerprint density at radius 1 is 1.38 bits per heavy atom. The molecule has 0 heterocycles. The molecule has 2 aliphatic carbocycles. The van der Waals surface area contributed by atoms with E-state index in [0.29, 0.717) is 6.42 Å². The lowest BCUT2D eigenvalue weighted by Crippen LogP contribution is -2.44. The summed E-state index contributed by atoms with van der Waals surface area (Å²) in [4.78, 5) is 11.8. The lowest BCUT2D eigenvalue weighted by atomic mass is 9.85. The second kappa shape index (κ2) is 4.71. The number of alkyl halides is 2. The highest BCUT2D eigenvalue weighted by molar-refractivity contribution is 6.52. The van der Waals surface area contributed by atoms with Crippen LogP contribution >= 0.6 is 23.2 Å². The van der Waals surface area contributed by atoms with Gasteiger partial charge >= 0.3 is 0 Å². The van der Waals surface area contributed by atoms with Crippen LogP contribution in [0, 0.1) is 11.8 Å². The molecular formula is C11H17Cl2NO2. The van der Waals surface area contributed by atoms with Crippen LogP contribution in [-0.2, 0) is 4.79 Å². The Hall–Kier alpha value is 0.01000. The molecule has 5 heteroatoms. The van der Waals surface area contributed by atoms with E-state index in [-0.39, 0.29) is 30.4 Å². The highest BCUT2D eigenvalue weighted by atomic mass is 35.5.